The molecule has 0 radical (unpaired) electrons. The summed E-state index contributed by atoms with van der Waals surface area (Å²) in [5, 5.41) is 3.37. The standard InChI is InChI=1S/C11H21NO4S/c1-11(2)15-8-10(16-11)7-12-9-3-5-17(13,14)6-4-9/h9-10,12H,3-8H2,1-2H3. The molecule has 0 saturated carbocycles. The maximum absolute atomic E-state index is 11.3. The number of hydrogen-bond donors (Lipinski definition) is 1. The summed E-state index contributed by atoms with van der Waals surface area (Å²) in [6, 6.07) is 0.297. The Morgan fingerprint density at radius 2 is 1.94 bits per heavy atom. The Labute approximate surface area is 103 Å². The molecule has 1 atom stereocenters. The van der Waals surface area contributed by atoms with Crippen LogP contribution in [0.4, 0.5) is 0 Å². The first kappa shape index (κ1) is 13.3. The Hall–Kier alpha value is -0.170. The van der Waals surface area contributed by atoms with Crippen molar-refractivity contribution >= 4 is 9.84 Å². The van der Waals surface area contributed by atoms with Crippen molar-refractivity contribution in [2.45, 2.75) is 44.6 Å². The molecule has 1 unspecified atom stereocenters. The lowest BCUT2D eigenvalue weighted by atomic mass is 10.1. The van der Waals surface area contributed by atoms with Gasteiger partial charge in [-0.1, -0.05) is 0 Å². The van der Waals surface area contributed by atoms with Crippen molar-refractivity contribution in [2.75, 3.05) is 24.7 Å². The predicted molar refractivity (Wildman–Crippen MR) is 64.6 cm³/mol. The van der Waals surface area contributed by atoms with E-state index in [4.69, 9.17) is 9.47 Å². The molecule has 2 aliphatic rings. The summed E-state index contributed by atoms with van der Waals surface area (Å²) >= 11 is 0. The smallest absolute Gasteiger partial charge is 0.163 e. The van der Waals surface area contributed by atoms with E-state index < -0.39 is 15.6 Å². The molecule has 6 heteroatoms. The van der Waals surface area contributed by atoms with Crippen molar-refractivity contribution < 1.29 is 17.9 Å². The fraction of sp³-hybridized carbons (Fsp3) is 1.00. The third-order valence-electron chi connectivity index (χ3n) is 3.26. The van der Waals surface area contributed by atoms with Crippen LogP contribution in [0.15, 0.2) is 0 Å². The molecule has 2 rings (SSSR count). The van der Waals surface area contributed by atoms with Crippen molar-refractivity contribution in [1.82, 2.24) is 5.32 Å². The lowest BCUT2D eigenvalue weighted by molar-refractivity contribution is -0.137. The van der Waals surface area contributed by atoms with Crippen LogP contribution in [0.25, 0.3) is 0 Å². The zero-order valence-electron chi connectivity index (χ0n) is 10.4. The molecule has 2 heterocycles. The molecule has 0 aromatic carbocycles. The molecule has 0 aromatic rings. The van der Waals surface area contributed by atoms with E-state index in [0.717, 1.165) is 6.54 Å². The molecule has 0 spiro atoms. The molecular weight excluding hydrogens is 242 g/mol. The van der Waals surface area contributed by atoms with Crippen LogP contribution in [0, 0.1) is 0 Å². The van der Waals surface area contributed by atoms with Crippen LogP contribution in [0.1, 0.15) is 26.7 Å². The lowest BCUT2D eigenvalue weighted by Gasteiger charge is -2.24. The molecule has 0 bridgehead atoms. The van der Waals surface area contributed by atoms with Gasteiger partial charge in [-0.25, -0.2) is 8.42 Å². The van der Waals surface area contributed by atoms with Gasteiger partial charge in [-0.2, -0.15) is 0 Å². The Bertz CT molecular complexity index is 352. The summed E-state index contributed by atoms with van der Waals surface area (Å²) in [5.41, 5.74) is 0. The van der Waals surface area contributed by atoms with Crippen LogP contribution in [0.5, 0.6) is 0 Å². The van der Waals surface area contributed by atoms with E-state index in [1.54, 1.807) is 0 Å². The average Bonchev–Trinajstić information content (AvgIpc) is 2.57. The molecule has 0 aliphatic carbocycles. The van der Waals surface area contributed by atoms with Crippen LogP contribution in [-0.4, -0.2) is 51.0 Å². The van der Waals surface area contributed by atoms with Crippen molar-refractivity contribution in [3.63, 3.8) is 0 Å². The summed E-state index contributed by atoms with van der Waals surface area (Å²) in [6.45, 7) is 5.14. The van der Waals surface area contributed by atoms with E-state index in [2.05, 4.69) is 5.32 Å². The number of sulfone groups is 1. The Kier molecular flexibility index (Phi) is 3.77. The zero-order chi connectivity index (χ0) is 12.5. The molecule has 5 nitrogen and oxygen atoms in total. The maximum Gasteiger partial charge on any atom is 0.163 e. The number of hydrogen-bond acceptors (Lipinski definition) is 5. The molecule has 0 aromatic heterocycles. The van der Waals surface area contributed by atoms with Crippen LogP contribution in [0.2, 0.25) is 0 Å². The third kappa shape index (κ3) is 3.91. The van der Waals surface area contributed by atoms with Gasteiger partial charge in [0.2, 0.25) is 0 Å². The van der Waals surface area contributed by atoms with E-state index in [0.29, 0.717) is 37.0 Å². The van der Waals surface area contributed by atoms with Gasteiger partial charge >= 0.3 is 0 Å². The highest BCUT2D eigenvalue weighted by atomic mass is 32.2. The monoisotopic (exact) mass is 263 g/mol. The normalized spacial score (nSPS) is 32.7. The van der Waals surface area contributed by atoms with Gasteiger partial charge in [0, 0.05) is 12.6 Å². The van der Waals surface area contributed by atoms with Gasteiger partial charge in [0.25, 0.3) is 0 Å². The van der Waals surface area contributed by atoms with E-state index in [9.17, 15) is 8.42 Å². The van der Waals surface area contributed by atoms with Crippen LogP contribution < -0.4 is 5.32 Å². The topological polar surface area (TPSA) is 64.6 Å². The quantitative estimate of drug-likeness (QED) is 0.793. The summed E-state index contributed by atoms with van der Waals surface area (Å²) in [5.74, 6) is 0.124. The molecule has 1 N–H and O–H groups in total. The number of ether oxygens (including phenoxy) is 2. The van der Waals surface area contributed by atoms with Crippen molar-refractivity contribution in [3.8, 4) is 0 Å². The van der Waals surface area contributed by atoms with Gasteiger partial charge in [-0.05, 0) is 26.7 Å². The number of rotatable bonds is 3. The summed E-state index contributed by atoms with van der Waals surface area (Å²) in [4.78, 5) is 0. The Morgan fingerprint density at radius 1 is 1.29 bits per heavy atom. The minimum Gasteiger partial charge on any atom is -0.348 e. The predicted octanol–water partition coefficient (Wildman–Crippen LogP) is 0.305. The van der Waals surface area contributed by atoms with Crippen molar-refractivity contribution in [3.05, 3.63) is 0 Å². The summed E-state index contributed by atoms with van der Waals surface area (Å²) < 4.78 is 33.7. The first-order valence-corrected chi connectivity index (χ1v) is 7.94. The fourth-order valence-corrected chi connectivity index (χ4v) is 3.75. The maximum atomic E-state index is 11.3. The lowest BCUT2D eigenvalue weighted by Crippen LogP contribution is -2.41. The van der Waals surface area contributed by atoms with Crippen LogP contribution in [-0.2, 0) is 19.3 Å². The molecule has 2 saturated heterocycles. The van der Waals surface area contributed by atoms with Gasteiger partial charge < -0.3 is 14.8 Å². The first-order valence-electron chi connectivity index (χ1n) is 6.12. The Morgan fingerprint density at radius 3 is 2.47 bits per heavy atom. The average molecular weight is 263 g/mol. The SMILES string of the molecule is CC1(C)OCC(CNC2CCS(=O)(=O)CC2)O1. The van der Waals surface area contributed by atoms with Crippen molar-refractivity contribution in [1.29, 1.82) is 0 Å². The minimum atomic E-state index is -2.77. The molecule has 100 valence electrons. The highest BCUT2D eigenvalue weighted by molar-refractivity contribution is 7.91. The van der Waals surface area contributed by atoms with Crippen LogP contribution >= 0.6 is 0 Å². The molecule has 17 heavy (non-hydrogen) atoms. The summed E-state index contributed by atoms with van der Waals surface area (Å²) in [6.07, 6.45) is 1.49. The molecule has 2 fully saturated rings. The van der Waals surface area contributed by atoms with E-state index in [-0.39, 0.29) is 6.10 Å². The Balaban J connectivity index is 1.70. The largest absolute Gasteiger partial charge is 0.348 e. The molecular formula is C11H21NO4S. The fourth-order valence-electron chi connectivity index (χ4n) is 2.26. The van der Waals surface area contributed by atoms with Crippen LogP contribution in [0.3, 0.4) is 0 Å². The van der Waals surface area contributed by atoms with E-state index in [1.807, 2.05) is 13.8 Å². The van der Waals surface area contributed by atoms with Gasteiger partial charge in [0.15, 0.2) is 5.79 Å². The highest BCUT2D eigenvalue weighted by Gasteiger charge is 2.33. The van der Waals surface area contributed by atoms with Gasteiger partial charge in [0.1, 0.15) is 9.84 Å². The second-order valence-corrected chi connectivity index (χ2v) is 7.59. The second kappa shape index (κ2) is 4.84. The third-order valence-corrected chi connectivity index (χ3v) is 4.97. The molecule has 2 aliphatic heterocycles. The minimum absolute atomic E-state index is 0.0727. The van der Waals surface area contributed by atoms with E-state index >= 15 is 0 Å². The zero-order valence-corrected chi connectivity index (χ0v) is 11.3. The van der Waals surface area contributed by atoms with Gasteiger partial charge in [-0.15, -0.1) is 0 Å². The molecule has 0 amide bonds. The summed E-state index contributed by atoms with van der Waals surface area (Å²) in [7, 11) is -2.77. The van der Waals surface area contributed by atoms with E-state index in [1.165, 1.54) is 0 Å². The highest BCUT2D eigenvalue weighted by Crippen LogP contribution is 2.22. The second-order valence-electron chi connectivity index (χ2n) is 5.29. The van der Waals surface area contributed by atoms with Crippen molar-refractivity contribution in [2.24, 2.45) is 0 Å². The van der Waals surface area contributed by atoms with Gasteiger partial charge in [0.05, 0.1) is 24.2 Å². The van der Waals surface area contributed by atoms with Gasteiger partial charge in [-0.3, -0.25) is 0 Å². The first-order chi connectivity index (χ1) is 7.86. The number of nitrogens with one attached hydrogen (secondary N) is 1.